The van der Waals surface area contributed by atoms with Gasteiger partial charge in [-0.3, -0.25) is 0 Å². The second-order valence-electron chi connectivity index (χ2n) is 5.03. The van der Waals surface area contributed by atoms with Crippen LogP contribution in [0.4, 0.5) is 10.2 Å². The van der Waals surface area contributed by atoms with Crippen LogP contribution in [0.3, 0.4) is 0 Å². The zero-order valence-electron chi connectivity index (χ0n) is 11.5. The molecule has 1 fully saturated rings. The molecule has 0 aliphatic heterocycles. The van der Waals surface area contributed by atoms with Crippen molar-refractivity contribution in [1.82, 2.24) is 9.97 Å². The normalized spacial score (nSPS) is 14.3. The van der Waals surface area contributed by atoms with Crippen molar-refractivity contribution in [3.05, 3.63) is 37.8 Å². The summed E-state index contributed by atoms with van der Waals surface area (Å²) >= 11 is 5.53. The highest BCUT2D eigenvalue weighted by Crippen LogP contribution is 2.43. The van der Waals surface area contributed by atoms with E-state index in [0.717, 1.165) is 27.2 Å². The number of halogens is 3. The Morgan fingerprint density at radius 1 is 1.38 bits per heavy atom. The zero-order chi connectivity index (χ0) is 15.0. The first-order valence-corrected chi connectivity index (χ1v) is 8.74. The second-order valence-corrected chi connectivity index (χ2v) is 6.96. The SMILES string of the molecule is CCNc1nc(-c2ccc(F)c(Br)c2)nc(C2CC2)c1I. The van der Waals surface area contributed by atoms with Crippen LogP contribution in [0.2, 0.25) is 0 Å². The Morgan fingerprint density at radius 3 is 2.76 bits per heavy atom. The summed E-state index contributed by atoms with van der Waals surface area (Å²) in [5, 5.41) is 3.29. The van der Waals surface area contributed by atoms with E-state index in [9.17, 15) is 4.39 Å². The smallest absolute Gasteiger partial charge is 0.161 e. The van der Waals surface area contributed by atoms with Crippen LogP contribution >= 0.6 is 38.5 Å². The predicted octanol–water partition coefficient (Wildman–Crippen LogP) is 4.96. The summed E-state index contributed by atoms with van der Waals surface area (Å²) in [5.74, 6) is 1.78. The Kier molecular flexibility index (Phi) is 4.44. The highest BCUT2D eigenvalue weighted by atomic mass is 127. The third kappa shape index (κ3) is 3.21. The molecule has 0 spiro atoms. The van der Waals surface area contributed by atoms with Gasteiger partial charge in [-0.1, -0.05) is 0 Å². The van der Waals surface area contributed by atoms with E-state index in [1.165, 1.54) is 18.9 Å². The molecule has 6 heteroatoms. The van der Waals surface area contributed by atoms with E-state index in [0.29, 0.717) is 16.2 Å². The van der Waals surface area contributed by atoms with Crippen LogP contribution in [0.25, 0.3) is 11.4 Å². The molecule has 1 saturated carbocycles. The van der Waals surface area contributed by atoms with Gasteiger partial charge in [0.05, 0.1) is 13.7 Å². The molecule has 3 rings (SSSR count). The van der Waals surface area contributed by atoms with Gasteiger partial charge in [-0.05, 0) is 76.5 Å². The molecule has 1 aromatic heterocycles. The number of nitrogens with one attached hydrogen (secondary N) is 1. The van der Waals surface area contributed by atoms with Crippen molar-refractivity contribution in [2.75, 3.05) is 11.9 Å². The van der Waals surface area contributed by atoms with Crippen LogP contribution in [0, 0.1) is 9.39 Å². The van der Waals surface area contributed by atoms with Crippen molar-refractivity contribution in [2.45, 2.75) is 25.7 Å². The first kappa shape index (κ1) is 15.1. The summed E-state index contributed by atoms with van der Waals surface area (Å²) in [6.07, 6.45) is 2.37. The van der Waals surface area contributed by atoms with Gasteiger partial charge in [-0.2, -0.15) is 0 Å². The Bertz CT molecular complexity index is 689. The van der Waals surface area contributed by atoms with Gasteiger partial charge in [0.25, 0.3) is 0 Å². The molecule has 0 atom stereocenters. The topological polar surface area (TPSA) is 37.8 Å². The van der Waals surface area contributed by atoms with Gasteiger partial charge in [-0.15, -0.1) is 0 Å². The Morgan fingerprint density at radius 2 is 2.14 bits per heavy atom. The maximum Gasteiger partial charge on any atom is 0.161 e. The zero-order valence-corrected chi connectivity index (χ0v) is 15.2. The van der Waals surface area contributed by atoms with Crippen LogP contribution in [-0.2, 0) is 0 Å². The van der Waals surface area contributed by atoms with Crippen LogP contribution in [-0.4, -0.2) is 16.5 Å². The van der Waals surface area contributed by atoms with Gasteiger partial charge < -0.3 is 5.32 Å². The lowest BCUT2D eigenvalue weighted by atomic mass is 10.2. The minimum Gasteiger partial charge on any atom is -0.369 e. The first-order valence-electron chi connectivity index (χ1n) is 6.87. The van der Waals surface area contributed by atoms with E-state index in [4.69, 9.17) is 4.98 Å². The molecule has 110 valence electrons. The van der Waals surface area contributed by atoms with Crippen molar-refractivity contribution in [1.29, 1.82) is 0 Å². The van der Waals surface area contributed by atoms with E-state index >= 15 is 0 Å². The molecule has 0 radical (unpaired) electrons. The predicted molar refractivity (Wildman–Crippen MR) is 94.0 cm³/mol. The Balaban J connectivity index is 2.10. The highest BCUT2D eigenvalue weighted by Gasteiger charge is 2.29. The van der Waals surface area contributed by atoms with Gasteiger partial charge in [0.2, 0.25) is 0 Å². The largest absolute Gasteiger partial charge is 0.369 e. The maximum atomic E-state index is 13.4. The van der Waals surface area contributed by atoms with Crippen LogP contribution < -0.4 is 5.32 Å². The fraction of sp³-hybridized carbons (Fsp3) is 0.333. The summed E-state index contributed by atoms with van der Waals surface area (Å²) in [7, 11) is 0. The van der Waals surface area contributed by atoms with Crippen LogP contribution in [0.15, 0.2) is 22.7 Å². The molecule has 1 aliphatic carbocycles. The lowest BCUT2D eigenvalue weighted by Gasteiger charge is -2.12. The minimum absolute atomic E-state index is 0.279. The second kappa shape index (κ2) is 6.16. The van der Waals surface area contributed by atoms with Crippen molar-refractivity contribution in [2.24, 2.45) is 0 Å². The number of benzene rings is 1. The standard InChI is InChI=1S/C15H14BrFIN3/c1-2-19-15-12(18)13(8-3-4-8)20-14(21-15)9-5-6-11(17)10(16)7-9/h5-8H,2-4H2,1H3,(H,19,20,21). The van der Waals surface area contributed by atoms with E-state index in [1.807, 2.05) is 6.92 Å². The summed E-state index contributed by atoms with van der Waals surface area (Å²) in [6.45, 7) is 2.85. The monoisotopic (exact) mass is 461 g/mol. The molecular weight excluding hydrogens is 448 g/mol. The highest BCUT2D eigenvalue weighted by molar-refractivity contribution is 14.1. The minimum atomic E-state index is -0.279. The van der Waals surface area contributed by atoms with E-state index in [2.05, 4.69) is 48.8 Å². The molecule has 0 amide bonds. The Labute approximate surface area is 145 Å². The third-order valence-electron chi connectivity index (χ3n) is 3.36. The molecule has 1 N–H and O–H groups in total. The number of aromatic nitrogens is 2. The summed E-state index contributed by atoms with van der Waals surface area (Å²) in [6, 6.07) is 4.88. The van der Waals surface area contributed by atoms with Crippen molar-refractivity contribution >= 4 is 44.3 Å². The van der Waals surface area contributed by atoms with Crippen LogP contribution in [0.1, 0.15) is 31.4 Å². The lowest BCUT2D eigenvalue weighted by Crippen LogP contribution is -2.07. The summed E-state index contributed by atoms with van der Waals surface area (Å²) in [5.41, 5.74) is 1.93. The molecule has 0 saturated heterocycles. The van der Waals surface area contributed by atoms with Gasteiger partial charge in [0.1, 0.15) is 11.6 Å². The third-order valence-corrected chi connectivity index (χ3v) is 5.03. The van der Waals surface area contributed by atoms with E-state index in [1.54, 1.807) is 12.1 Å². The lowest BCUT2D eigenvalue weighted by molar-refractivity contribution is 0.621. The van der Waals surface area contributed by atoms with Crippen molar-refractivity contribution < 1.29 is 4.39 Å². The van der Waals surface area contributed by atoms with E-state index in [-0.39, 0.29) is 5.82 Å². The van der Waals surface area contributed by atoms with Gasteiger partial charge in [-0.25, -0.2) is 14.4 Å². The quantitative estimate of drug-likeness (QED) is 0.654. The maximum absolute atomic E-state index is 13.4. The molecule has 1 aliphatic rings. The van der Waals surface area contributed by atoms with E-state index < -0.39 is 0 Å². The number of nitrogens with zero attached hydrogens (tertiary/aromatic N) is 2. The fourth-order valence-corrected chi connectivity index (χ4v) is 3.39. The summed E-state index contributed by atoms with van der Waals surface area (Å²) < 4.78 is 14.9. The average Bonchev–Trinajstić information content (AvgIpc) is 3.29. The number of hydrogen-bond donors (Lipinski definition) is 1. The van der Waals surface area contributed by atoms with Gasteiger partial charge in [0, 0.05) is 18.0 Å². The molecular formula is C15H14BrFIN3. The number of anilines is 1. The summed E-state index contributed by atoms with van der Waals surface area (Å²) in [4.78, 5) is 9.32. The Hall–Kier alpha value is -0.760. The fourth-order valence-electron chi connectivity index (χ4n) is 2.14. The molecule has 1 heterocycles. The molecule has 1 aromatic carbocycles. The number of hydrogen-bond acceptors (Lipinski definition) is 3. The van der Waals surface area contributed by atoms with Crippen molar-refractivity contribution in [3.8, 4) is 11.4 Å². The molecule has 0 bridgehead atoms. The molecule has 3 nitrogen and oxygen atoms in total. The first-order chi connectivity index (χ1) is 10.1. The van der Waals surface area contributed by atoms with Crippen LogP contribution in [0.5, 0.6) is 0 Å². The number of rotatable bonds is 4. The average molecular weight is 462 g/mol. The van der Waals surface area contributed by atoms with Gasteiger partial charge in [0.15, 0.2) is 5.82 Å². The van der Waals surface area contributed by atoms with Crippen molar-refractivity contribution in [3.63, 3.8) is 0 Å². The van der Waals surface area contributed by atoms with Gasteiger partial charge >= 0.3 is 0 Å². The molecule has 0 unspecified atom stereocenters. The molecule has 2 aromatic rings. The molecule has 21 heavy (non-hydrogen) atoms.